The summed E-state index contributed by atoms with van der Waals surface area (Å²) < 4.78 is 53.4. The smallest absolute Gasteiger partial charge is 0.377 e. The van der Waals surface area contributed by atoms with Crippen molar-refractivity contribution >= 4 is 8.80 Å². The number of rotatable bonds is 11. The molecule has 0 bridgehead atoms. The van der Waals surface area contributed by atoms with Gasteiger partial charge in [-0.1, -0.05) is 12.8 Å². The summed E-state index contributed by atoms with van der Waals surface area (Å²) >= 11 is 0. The molecule has 0 atom stereocenters. The molecule has 0 unspecified atom stereocenters. The molecule has 0 aliphatic carbocycles. The summed E-state index contributed by atoms with van der Waals surface area (Å²) in [7, 11) is -1.13. The third-order valence-corrected chi connectivity index (χ3v) is 6.08. The third-order valence-electron chi connectivity index (χ3n) is 2.83. The van der Waals surface area contributed by atoms with Gasteiger partial charge in [-0.2, -0.15) is 13.2 Å². The molecule has 0 saturated heterocycles. The minimum absolute atomic E-state index is 0.000552. The predicted molar refractivity (Wildman–Crippen MR) is 79.2 cm³/mol. The minimum Gasteiger partial charge on any atom is -0.377 e. The van der Waals surface area contributed by atoms with Crippen LogP contribution < -0.4 is 0 Å². The fourth-order valence-electron chi connectivity index (χ4n) is 2.08. The molecule has 0 heterocycles. The summed E-state index contributed by atoms with van der Waals surface area (Å²) in [6.45, 7) is 7.70. The van der Waals surface area contributed by atoms with Crippen molar-refractivity contribution in [3.8, 4) is 0 Å². The van der Waals surface area contributed by atoms with E-state index in [0.717, 1.165) is 12.8 Å². The Hall–Kier alpha value is -0.113. The molecule has 7 heteroatoms. The quantitative estimate of drug-likeness (QED) is 0.397. The highest BCUT2D eigenvalue weighted by molar-refractivity contribution is 6.60. The summed E-state index contributed by atoms with van der Waals surface area (Å²) in [5.41, 5.74) is 0. The Labute approximate surface area is 127 Å². The lowest BCUT2D eigenvalue weighted by Crippen LogP contribution is -2.48. The summed E-state index contributed by atoms with van der Waals surface area (Å²) in [6, 6.07) is 0.645. The molecule has 0 fully saturated rings. The first-order chi connectivity index (χ1) is 9.60. The summed E-state index contributed by atoms with van der Waals surface area (Å²) in [5.74, 6) is 0. The van der Waals surface area contributed by atoms with E-state index >= 15 is 0 Å². The van der Waals surface area contributed by atoms with Gasteiger partial charge in [0.25, 0.3) is 0 Å². The van der Waals surface area contributed by atoms with E-state index in [1.165, 1.54) is 0 Å². The predicted octanol–water partition coefficient (Wildman–Crippen LogP) is 4.93. The average Bonchev–Trinajstić information content (AvgIpc) is 2.30. The Morgan fingerprint density at radius 3 is 1.71 bits per heavy atom. The van der Waals surface area contributed by atoms with Crippen molar-refractivity contribution in [1.29, 1.82) is 0 Å². The van der Waals surface area contributed by atoms with Crippen molar-refractivity contribution < 1.29 is 26.4 Å². The molecule has 0 radical (unpaired) electrons. The molecule has 0 aromatic rings. The monoisotopic (exact) mass is 330 g/mol. The second kappa shape index (κ2) is 9.81. The molecular formula is C14H29F3O3Si. The molecule has 0 aliphatic rings. The Kier molecular flexibility index (Phi) is 9.76. The minimum atomic E-state index is -4.05. The molecule has 0 amide bonds. The van der Waals surface area contributed by atoms with Gasteiger partial charge in [-0.3, -0.25) is 0 Å². The summed E-state index contributed by atoms with van der Waals surface area (Å²) in [6.07, 6.45) is -2.51. The van der Waals surface area contributed by atoms with E-state index < -0.39 is 21.4 Å². The molecule has 0 aliphatic heterocycles. The van der Waals surface area contributed by atoms with Gasteiger partial charge in [0, 0.05) is 31.8 Å². The van der Waals surface area contributed by atoms with Gasteiger partial charge in [0.05, 0.1) is 0 Å². The van der Waals surface area contributed by atoms with Crippen LogP contribution in [0, 0.1) is 0 Å². The number of unbranched alkanes of at least 4 members (excludes halogenated alkanes) is 3. The highest BCUT2D eigenvalue weighted by Crippen LogP contribution is 2.25. The van der Waals surface area contributed by atoms with Crippen molar-refractivity contribution in [1.82, 2.24) is 0 Å². The lowest BCUT2D eigenvalue weighted by molar-refractivity contribution is -0.135. The van der Waals surface area contributed by atoms with Gasteiger partial charge in [0.15, 0.2) is 0 Å². The van der Waals surface area contributed by atoms with Crippen LogP contribution in [-0.4, -0.2) is 34.3 Å². The lowest BCUT2D eigenvalue weighted by atomic mass is 10.1. The van der Waals surface area contributed by atoms with Crippen LogP contribution in [0.2, 0.25) is 6.04 Å². The van der Waals surface area contributed by atoms with Gasteiger partial charge < -0.3 is 13.3 Å². The van der Waals surface area contributed by atoms with Crippen LogP contribution in [-0.2, 0) is 13.3 Å². The summed E-state index contributed by atoms with van der Waals surface area (Å²) in [5, 5.41) is 0. The van der Waals surface area contributed by atoms with Gasteiger partial charge in [-0.05, 0) is 40.5 Å². The van der Waals surface area contributed by atoms with Crippen LogP contribution in [0.25, 0.3) is 0 Å². The lowest BCUT2D eigenvalue weighted by Gasteiger charge is -2.31. The molecule has 21 heavy (non-hydrogen) atoms. The van der Waals surface area contributed by atoms with E-state index in [9.17, 15) is 13.2 Å². The van der Waals surface area contributed by atoms with Crippen molar-refractivity contribution in [2.75, 3.05) is 7.11 Å². The standard InChI is InChI=1S/C14H29F3O3Si/c1-12(2)19-21(18-5,20-13(3)4)11-9-7-6-8-10-14(15,16)17/h12-13H,6-11H2,1-5H3. The normalized spacial score (nSPS) is 13.4. The van der Waals surface area contributed by atoms with Gasteiger partial charge >= 0.3 is 15.0 Å². The molecule has 0 aromatic carbocycles. The van der Waals surface area contributed by atoms with Crippen LogP contribution in [0.1, 0.15) is 59.8 Å². The number of halogens is 3. The molecule has 0 aromatic heterocycles. The average molecular weight is 330 g/mol. The first-order valence-electron chi connectivity index (χ1n) is 7.58. The fourth-order valence-corrected chi connectivity index (χ4v) is 4.89. The van der Waals surface area contributed by atoms with Crippen LogP contribution in [0.4, 0.5) is 13.2 Å². The Bertz CT molecular complexity index is 261. The summed E-state index contributed by atoms with van der Waals surface area (Å²) in [4.78, 5) is 0. The van der Waals surface area contributed by atoms with Crippen molar-refractivity contribution in [3.05, 3.63) is 0 Å². The highest BCUT2D eigenvalue weighted by Gasteiger charge is 2.41. The van der Waals surface area contributed by atoms with Gasteiger partial charge in [0.1, 0.15) is 0 Å². The first-order valence-corrected chi connectivity index (χ1v) is 9.51. The van der Waals surface area contributed by atoms with Gasteiger partial charge in [-0.25, -0.2) is 0 Å². The zero-order chi connectivity index (χ0) is 16.5. The largest absolute Gasteiger partial charge is 0.501 e. The van der Waals surface area contributed by atoms with E-state index in [0.29, 0.717) is 12.5 Å². The van der Waals surface area contributed by atoms with E-state index in [2.05, 4.69) is 0 Å². The van der Waals surface area contributed by atoms with E-state index in [-0.39, 0.29) is 18.6 Å². The van der Waals surface area contributed by atoms with Gasteiger partial charge in [0.2, 0.25) is 0 Å². The van der Waals surface area contributed by atoms with Crippen molar-refractivity contribution in [2.24, 2.45) is 0 Å². The molecule has 128 valence electrons. The van der Waals surface area contributed by atoms with Crippen LogP contribution in [0.15, 0.2) is 0 Å². The zero-order valence-corrected chi connectivity index (χ0v) is 14.8. The second-order valence-corrected chi connectivity index (χ2v) is 8.50. The Morgan fingerprint density at radius 1 is 0.857 bits per heavy atom. The Balaban J connectivity index is 4.17. The molecule has 0 rings (SSSR count). The molecule has 3 nitrogen and oxygen atoms in total. The second-order valence-electron chi connectivity index (χ2n) is 5.75. The molecule has 0 spiro atoms. The van der Waals surface area contributed by atoms with E-state index in [4.69, 9.17) is 13.3 Å². The van der Waals surface area contributed by atoms with E-state index in [1.54, 1.807) is 7.11 Å². The van der Waals surface area contributed by atoms with Crippen molar-refractivity contribution in [2.45, 2.75) is 84.2 Å². The van der Waals surface area contributed by atoms with Gasteiger partial charge in [-0.15, -0.1) is 0 Å². The highest BCUT2D eigenvalue weighted by atomic mass is 28.4. The molecule has 0 saturated carbocycles. The maximum absolute atomic E-state index is 12.0. The molecule has 0 N–H and O–H groups in total. The van der Waals surface area contributed by atoms with Crippen LogP contribution in [0.5, 0.6) is 0 Å². The maximum Gasteiger partial charge on any atom is 0.501 e. The zero-order valence-electron chi connectivity index (χ0n) is 13.8. The van der Waals surface area contributed by atoms with Crippen molar-refractivity contribution in [3.63, 3.8) is 0 Å². The number of hydrogen-bond acceptors (Lipinski definition) is 3. The number of alkyl halides is 3. The molecular weight excluding hydrogens is 301 g/mol. The van der Waals surface area contributed by atoms with E-state index in [1.807, 2.05) is 27.7 Å². The third kappa shape index (κ3) is 11.2. The maximum atomic E-state index is 12.0. The first kappa shape index (κ1) is 20.9. The van der Waals surface area contributed by atoms with Crippen LogP contribution in [0.3, 0.4) is 0 Å². The van der Waals surface area contributed by atoms with Crippen LogP contribution >= 0.6 is 0 Å². The fraction of sp³-hybridized carbons (Fsp3) is 1.00. The number of hydrogen-bond donors (Lipinski definition) is 0. The topological polar surface area (TPSA) is 27.7 Å². The SMILES string of the molecule is CO[Si](CCCCCCC(F)(F)F)(OC(C)C)OC(C)C. The Morgan fingerprint density at radius 2 is 1.33 bits per heavy atom.